The van der Waals surface area contributed by atoms with Crippen molar-refractivity contribution in [1.82, 2.24) is 9.97 Å². The van der Waals surface area contributed by atoms with Gasteiger partial charge in [0, 0.05) is 17.5 Å². The van der Waals surface area contributed by atoms with Crippen LogP contribution >= 0.6 is 11.8 Å². The third-order valence-electron chi connectivity index (χ3n) is 2.12. The summed E-state index contributed by atoms with van der Waals surface area (Å²) < 4.78 is 0. The lowest BCUT2D eigenvalue weighted by atomic mass is 10.1. The van der Waals surface area contributed by atoms with Crippen molar-refractivity contribution >= 4 is 11.8 Å². The van der Waals surface area contributed by atoms with E-state index in [-0.39, 0.29) is 5.56 Å². The molecule has 1 aliphatic rings. The number of aromatic nitrogens is 2. The maximum atomic E-state index is 11.0. The van der Waals surface area contributed by atoms with Gasteiger partial charge in [-0.1, -0.05) is 23.9 Å². The van der Waals surface area contributed by atoms with Crippen LogP contribution < -0.4 is 5.56 Å². The zero-order chi connectivity index (χ0) is 9.80. The maximum absolute atomic E-state index is 11.0. The van der Waals surface area contributed by atoms with Gasteiger partial charge in [-0.25, -0.2) is 4.98 Å². The van der Waals surface area contributed by atoms with Crippen LogP contribution in [0.4, 0.5) is 0 Å². The summed E-state index contributed by atoms with van der Waals surface area (Å²) in [5.74, 6) is 0. The van der Waals surface area contributed by atoms with Crippen LogP contribution in [-0.2, 0) is 0 Å². The van der Waals surface area contributed by atoms with Crippen molar-refractivity contribution in [2.75, 3.05) is 0 Å². The van der Waals surface area contributed by atoms with Crippen molar-refractivity contribution in [3.05, 3.63) is 34.8 Å². The van der Waals surface area contributed by atoms with E-state index in [0.29, 0.717) is 10.4 Å². The SMILES string of the molecule is O=c1ccnc(SC2C=CCCC2)[nH]1. The molecule has 0 aliphatic heterocycles. The molecule has 0 aromatic carbocycles. The molecule has 0 saturated heterocycles. The molecule has 0 bridgehead atoms. The van der Waals surface area contributed by atoms with Gasteiger partial charge in [0.25, 0.3) is 5.56 Å². The molecule has 0 radical (unpaired) electrons. The fourth-order valence-corrected chi connectivity index (χ4v) is 2.48. The highest BCUT2D eigenvalue weighted by atomic mass is 32.2. The predicted octanol–water partition coefficient (Wildman–Crippen LogP) is 1.97. The third-order valence-corrected chi connectivity index (χ3v) is 3.25. The zero-order valence-electron chi connectivity index (χ0n) is 7.77. The molecule has 0 spiro atoms. The largest absolute Gasteiger partial charge is 0.301 e. The van der Waals surface area contributed by atoms with Gasteiger partial charge in [0.15, 0.2) is 5.16 Å². The Morgan fingerprint density at radius 2 is 2.50 bits per heavy atom. The second-order valence-electron chi connectivity index (χ2n) is 3.25. The monoisotopic (exact) mass is 208 g/mol. The minimum Gasteiger partial charge on any atom is -0.301 e. The lowest BCUT2D eigenvalue weighted by molar-refractivity contribution is 0.738. The van der Waals surface area contributed by atoms with Crippen LogP contribution in [0.15, 0.2) is 34.4 Å². The quantitative estimate of drug-likeness (QED) is 0.597. The number of hydrogen-bond acceptors (Lipinski definition) is 3. The Balaban J connectivity index is 2.06. The fourth-order valence-electron chi connectivity index (χ4n) is 1.43. The number of thioether (sulfide) groups is 1. The lowest BCUT2D eigenvalue weighted by Crippen LogP contribution is -2.09. The molecule has 1 aromatic rings. The van der Waals surface area contributed by atoms with E-state index in [1.165, 1.54) is 25.3 Å². The topological polar surface area (TPSA) is 45.8 Å². The van der Waals surface area contributed by atoms with Gasteiger partial charge in [-0.15, -0.1) is 0 Å². The number of H-pyrrole nitrogens is 1. The van der Waals surface area contributed by atoms with Crippen LogP contribution in [0, 0.1) is 0 Å². The van der Waals surface area contributed by atoms with Crippen molar-refractivity contribution in [1.29, 1.82) is 0 Å². The molecule has 0 saturated carbocycles. The van der Waals surface area contributed by atoms with Crippen molar-refractivity contribution in [3.8, 4) is 0 Å². The predicted molar refractivity (Wildman–Crippen MR) is 57.5 cm³/mol. The summed E-state index contributed by atoms with van der Waals surface area (Å²) in [6, 6.07) is 1.43. The van der Waals surface area contributed by atoms with Gasteiger partial charge >= 0.3 is 0 Å². The summed E-state index contributed by atoms with van der Waals surface area (Å²) in [7, 11) is 0. The highest BCUT2D eigenvalue weighted by Crippen LogP contribution is 2.26. The Morgan fingerprint density at radius 3 is 3.21 bits per heavy atom. The van der Waals surface area contributed by atoms with Crippen molar-refractivity contribution in [2.24, 2.45) is 0 Å². The van der Waals surface area contributed by atoms with E-state index < -0.39 is 0 Å². The second kappa shape index (κ2) is 4.46. The Morgan fingerprint density at radius 1 is 1.57 bits per heavy atom. The van der Waals surface area contributed by atoms with Gasteiger partial charge in [-0.2, -0.15) is 0 Å². The lowest BCUT2D eigenvalue weighted by Gasteiger charge is -2.14. The van der Waals surface area contributed by atoms with Crippen LogP contribution in [0.25, 0.3) is 0 Å². The van der Waals surface area contributed by atoms with E-state index in [1.54, 1.807) is 18.0 Å². The van der Waals surface area contributed by atoms with E-state index in [2.05, 4.69) is 22.1 Å². The molecular weight excluding hydrogens is 196 g/mol. The minimum absolute atomic E-state index is 0.0812. The Hall–Kier alpha value is -1.03. The Labute approximate surface area is 86.6 Å². The van der Waals surface area contributed by atoms with E-state index >= 15 is 0 Å². The first-order valence-electron chi connectivity index (χ1n) is 4.73. The molecule has 4 heteroatoms. The van der Waals surface area contributed by atoms with Crippen molar-refractivity contribution in [2.45, 2.75) is 29.7 Å². The van der Waals surface area contributed by atoms with E-state index in [9.17, 15) is 4.79 Å². The number of allylic oxidation sites excluding steroid dienone is 1. The molecule has 1 heterocycles. The average molecular weight is 208 g/mol. The van der Waals surface area contributed by atoms with Crippen LogP contribution in [0.2, 0.25) is 0 Å². The Kier molecular flexibility index (Phi) is 3.03. The minimum atomic E-state index is -0.0812. The van der Waals surface area contributed by atoms with E-state index in [4.69, 9.17) is 0 Å². The van der Waals surface area contributed by atoms with Crippen molar-refractivity contribution in [3.63, 3.8) is 0 Å². The first kappa shape index (κ1) is 9.52. The van der Waals surface area contributed by atoms with Gasteiger partial charge in [0.05, 0.1) is 0 Å². The van der Waals surface area contributed by atoms with Gasteiger partial charge in [0.1, 0.15) is 0 Å². The van der Waals surface area contributed by atoms with E-state index in [0.717, 1.165) is 0 Å². The number of nitrogens with one attached hydrogen (secondary N) is 1. The normalized spacial score (nSPS) is 21.0. The van der Waals surface area contributed by atoms with Gasteiger partial charge < -0.3 is 4.98 Å². The number of nitrogens with zero attached hydrogens (tertiary/aromatic N) is 1. The number of aromatic amines is 1. The van der Waals surface area contributed by atoms with Gasteiger partial charge in [-0.05, 0) is 19.3 Å². The molecule has 2 rings (SSSR count). The Bertz CT molecular complexity index is 386. The molecule has 74 valence electrons. The first-order chi connectivity index (χ1) is 6.84. The fraction of sp³-hybridized carbons (Fsp3) is 0.400. The summed E-state index contributed by atoms with van der Waals surface area (Å²) in [6.45, 7) is 0. The summed E-state index contributed by atoms with van der Waals surface area (Å²) in [5, 5.41) is 1.18. The zero-order valence-corrected chi connectivity index (χ0v) is 8.59. The van der Waals surface area contributed by atoms with Gasteiger partial charge in [-0.3, -0.25) is 4.79 Å². The van der Waals surface area contributed by atoms with Crippen LogP contribution in [0.5, 0.6) is 0 Å². The molecule has 0 fully saturated rings. The molecule has 1 N–H and O–H groups in total. The molecular formula is C10H12N2OS. The van der Waals surface area contributed by atoms with Crippen LogP contribution in [0.1, 0.15) is 19.3 Å². The smallest absolute Gasteiger partial charge is 0.251 e. The number of rotatable bonds is 2. The molecule has 14 heavy (non-hydrogen) atoms. The summed E-state index contributed by atoms with van der Waals surface area (Å²) >= 11 is 1.63. The van der Waals surface area contributed by atoms with Crippen LogP contribution in [-0.4, -0.2) is 15.2 Å². The molecule has 0 amide bonds. The molecule has 3 nitrogen and oxygen atoms in total. The molecule has 1 aromatic heterocycles. The molecule has 1 unspecified atom stereocenters. The average Bonchev–Trinajstić information content (AvgIpc) is 2.19. The highest BCUT2D eigenvalue weighted by molar-refractivity contribution is 7.99. The standard InChI is InChI=1S/C10H12N2OS/c13-9-6-7-11-10(12-9)14-8-4-2-1-3-5-8/h2,4,6-8H,1,3,5H2,(H,11,12,13). The number of hydrogen-bond donors (Lipinski definition) is 1. The highest BCUT2D eigenvalue weighted by Gasteiger charge is 2.10. The maximum Gasteiger partial charge on any atom is 0.251 e. The molecule has 1 aliphatic carbocycles. The van der Waals surface area contributed by atoms with Gasteiger partial charge in [0.2, 0.25) is 0 Å². The second-order valence-corrected chi connectivity index (χ2v) is 4.48. The molecule has 1 atom stereocenters. The van der Waals surface area contributed by atoms with Crippen molar-refractivity contribution < 1.29 is 0 Å². The third kappa shape index (κ3) is 2.48. The van der Waals surface area contributed by atoms with E-state index in [1.807, 2.05) is 0 Å². The summed E-state index contributed by atoms with van der Waals surface area (Å²) in [6.07, 6.45) is 9.51. The van der Waals surface area contributed by atoms with Crippen LogP contribution in [0.3, 0.4) is 0 Å². The summed E-state index contributed by atoms with van der Waals surface area (Å²) in [4.78, 5) is 17.8. The summed E-state index contributed by atoms with van der Waals surface area (Å²) in [5.41, 5.74) is -0.0812. The first-order valence-corrected chi connectivity index (χ1v) is 5.61.